The summed E-state index contributed by atoms with van der Waals surface area (Å²) in [5.41, 5.74) is 4.61. The van der Waals surface area contributed by atoms with Crippen molar-refractivity contribution in [2.45, 2.75) is 33.9 Å². The summed E-state index contributed by atoms with van der Waals surface area (Å²) in [5, 5.41) is 6.94. The van der Waals surface area contributed by atoms with Crippen molar-refractivity contribution in [1.29, 1.82) is 0 Å². The zero-order valence-electron chi connectivity index (χ0n) is 19.0. The first-order valence-corrected chi connectivity index (χ1v) is 12.2. The smallest absolute Gasteiger partial charge is 0.253 e. The van der Waals surface area contributed by atoms with Gasteiger partial charge in [0, 0.05) is 16.1 Å². The number of nitrogens with zero attached hydrogens (tertiary/aromatic N) is 1. The van der Waals surface area contributed by atoms with E-state index >= 15 is 0 Å². The van der Waals surface area contributed by atoms with Crippen molar-refractivity contribution in [2.24, 2.45) is 0 Å². The highest BCUT2D eigenvalue weighted by molar-refractivity contribution is 7.80. The molecule has 4 aromatic rings. The zero-order valence-corrected chi connectivity index (χ0v) is 20.6. The number of ether oxygens (including phenoxy) is 1. The van der Waals surface area contributed by atoms with Crippen molar-refractivity contribution in [3.8, 4) is 5.75 Å². The third-order valence-corrected chi connectivity index (χ3v) is 6.84. The summed E-state index contributed by atoms with van der Waals surface area (Å²) in [7, 11) is 0. The van der Waals surface area contributed by atoms with Crippen LogP contribution in [0.1, 0.15) is 28.5 Å². The van der Waals surface area contributed by atoms with Crippen LogP contribution < -0.4 is 15.6 Å². The lowest BCUT2D eigenvalue weighted by atomic mass is 10.0. The van der Waals surface area contributed by atoms with Gasteiger partial charge in [0.25, 0.3) is 5.56 Å². The van der Waals surface area contributed by atoms with Crippen LogP contribution in [-0.2, 0) is 13.1 Å². The number of hydrogen-bond acceptors (Lipinski definition) is 4. The maximum absolute atomic E-state index is 13.0. The Labute approximate surface area is 203 Å². The van der Waals surface area contributed by atoms with Crippen LogP contribution in [0.4, 0.5) is 5.69 Å². The minimum atomic E-state index is -0.0868. The summed E-state index contributed by atoms with van der Waals surface area (Å²) in [4.78, 5) is 19.2. The number of fused-ring (bicyclic) bond motifs is 1. The zero-order chi connectivity index (χ0) is 23.4. The number of aromatic amines is 1. The lowest BCUT2D eigenvalue weighted by molar-refractivity contribution is 0.340. The standard InChI is InChI=1S/C26H27N3O2S2/c1-4-31-22-11-9-21(10-12-22)27-26(32)29(16-23-6-5-13-33-23)15-20-14-19-8-7-17(2)18(3)24(19)28-25(20)30/h5-14H,4,15-16H2,1-3H3,(H,27,32)(H,28,30). The SMILES string of the molecule is CCOc1ccc(NC(=S)N(Cc2cccs2)Cc2cc3ccc(C)c(C)c3[nH]c2=O)cc1. The van der Waals surface area contributed by atoms with E-state index in [1.807, 2.05) is 60.5 Å². The van der Waals surface area contributed by atoms with Crippen LogP contribution in [0, 0.1) is 13.8 Å². The molecule has 2 N–H and O–H groups in total. The number of thiophene rings is 1. The lowest BCUT2D eigenvalue weighted by Gasteiger charge is -2.25. The van der Waals surface area contributed by atoms with Crippen molar-refractivity contribution >= 4 is 45.3 Å². The highest BCUT2D eigenvalue weighted by Gasteiger charge is 2.16. The largest absolute Gasteiger partial charge is 0.494 e. The Kier molecular flexibility index (Phi) is 7.11. The fourth-order valence-corrected chi connectivity index (χ4v) is 4.65. The second-order valence-electron chi connectivity index (χ2n) is 7.92. The molecule has 0 radical (unpaired) electrons. The topological polar surface area (TPSA) is 57.4 Å². The van der Waals surface area contributed by atoms with E-state index in [4.69, 9.17) is 17.0 Å². The molecule has 0 spiro atoms. The predicted molar refractivity (Wildman–Crippen MR) is 141 cm³/mol. The van der Waals surface area contributed by atoms with Crippen molar-refractivity contribution < 1.29 is 4.74 Å². The highest BCUT2D eigenvalue weighted by Crippen LogP contribution is 2.21. The monoisotopic (exact) mass is 477 g/mol. The molecule has 0 aliphatic heterocycles. The van der Waals surface area contributed by atoms with Crippen molar-refractivity contribution in [2.75, 3.05) is 11.9 Å². The minimum Gasteiger partial charge on any atom is -0.494 e. The number of thiocarbonyl (C=S) groups is 1. The van der Waals surface area contributed by atoms with Gasteiger partial charge in [0.2, 0.25) is 0 Å². The molecule has 0 aliphatic rings. The normalized spacial score (nSPS) is 10.9. The number of benzene rings is 2. The number of hydrogen-bond donors (Lipinski definition) is 2. The number of H-pyrrole nitrogens is 1. The number of pyridine rings is 1. The fraction of sp³-hybridized carbons (Fsp3) is 0.231. The first-order chi connectivity index (χ1) is 15.9. The van der Waals surface area contributed by atoms with Gasteiger partial charge in [0.05, 0.1) is 25.2 Å². The molecule has 0 bridgehead atoms. The summed E-state index contributed by atoms with van der Waals surface area (Å²) in [5.74, 6) is 0.817. The van der Waals surface area contributed by atoms with Gasteiger partial charge in [-0.1, -0.05) is 18.2 Å². The Balaban J connectivity index is 1.60. The van der Waals surface area contributed by atoms with Gasteiger partial charge in [-0.05, 0) is 91.3 Å². The van der Waals surface area contributed by atoms with E-state index in [0.29, 0.717) is 30.4 Å². The van der Waals surface area contributed by atoms with E-state index in [1.165, 1.54) is 4.88 Å². The van der Waals surface area contributed by atoms with Crippen LogP contribution in [0.2, 0.25) is 0 Å². The molecule has 2 aromatic carbocycles. The van der Waals surface area contributed by atoms with Crippen LogP contribution in [-0.4, -0.2) is 21.6 Å². The molecule has 0 atom stereocenters. The quantitative estimate of drug-likeness (QED) is 0.320. The van der Waals surface area contributed by atoms with Gasteiger partial charge in [0.1, 0.15) is 5.75 Å². The Hall–Kier alpha value is -3.16. The molecule has 0 aliphatic carbocycles. The lowest BCUT2D eigenvalue weighted by Crippen LogP contribution is -2.35. The Morgan fingerprint density at radius 1 is 1.12 bits per heavy atom. The summed E-state index contributed by atoms with van der Waals surface area (Å²) >= 11 is 7.44. The third kappa shape index (κ3) is 5.43. The molecule has 2 aromatic heterocycles. The number of anilines is 1. The second-order valence-corrected chi connectivity index (χ2v) is 9.34. The average Bonchev–Trinajstić information content (AvgIpc) is 3.32. The predicted octanol–water partition coefficient (Wildman–Crippen LogP) is 6.00. The van der Waals surface area contributed by atoms with Crippen LogP contribution in [0.5, 0.6) is 5.75 Å². The third-order valence-electron chi connectivity index (χ3n) is 5.62. The van der Waals surface area contributed by atoms with Crippen molar-refractivity contribution in [1.82, 2.24) is 9.88 Å². The van der Waals surface area contributed by atoms with E-state index in [2.05, 4.69) is 35.4 Å². The number of aryl methyl sites for hydroxylation is 2. The number of rotatable bonds is 7. The van der Waals surface area contributed by atoms with E-state index in [1.54, 1.807) is 11.3 Å². The minimum absolute atomic E-state index is 0.0868. The van der Waals surface area contributed by atoms with Gasteiger partial charge in [-0.2, -0.15) is 0 Å². The Morgan fingerprint density at radius 2 is 1.91 bits per heavy atom. The van der Waals surface area contributed by atoms with E-state index in [-0.39, 0.29) is 5.56 Å². The first-order valence-electron chi connectivity index (χ1n) is 10.9. The maximum Gasteiger partial charge on any atom is 0.253 e. The molecule has 0 fully saturated rings. The van der Waals surface area contributed by atoms with Gasteiger partial charge in [-0.15, -0.1) is 11.3 Å². The molecule has 0 unspecified atom stereocenters. The Morgan fingerprint density at radius 3 is 2.61 bits per heavy atom. The van der Waals surface area contributed by atoms with E-state index in [9.17, 15) is 4.79 Å². The molecule has 4 rings (SSSR count). The van der Waals surface area contributed by atoms with Crippen molar-refractivity contribution in [3.63, 3.8) is 0 Å². The van der Waals surface area contributed by atoms with Crippen LogP contribution in [0.3, 0.4) is 0 Å². The maximum atomic E-state index is 13.0. The molecule has 2 heterocycles. The summed E-state index contributed by atoms with van der Waals surface area (Å²) in [6, 6.07) is 17.9. The second kappa shape index (κ2) is 10.2. The molecule has 7 heteroatoms. The van der Waals surface area contributed by atoms with Gasteiger partial charge < -0.3 is 19.9 Å². The average molecular weight is 478 g/mol. The highest BCUT2D eigenvalue weighted by atomic mass is 32.1. The molecule has 0 saturated heterocycles. The van der Waals surface area contributed by atoms with E-state index < -0.39 is 0 Å². The van der Waals surface area contributed by atoms with Gasteiger partial charge >= 0.3 is 0 Å². The summed E-state index contributed by atoms with van der Waals surface area (Å²) < 4.78 is 5.52. The van der Waals surface area contributed by atoms with Crippen molar-refractivity contribution in [3.05, 3.63) is 91.9 Å². The summed E-state index contributed by atoms with van der Waals surface area (Å²) in [6.07, 6.45) is 0. The summed E-state index contributed by atoms with van der Waals surface area (Å²) in [6.45, 7) is 7.69. The molecular formula is C26H27N3O2S2. The van der Waals surface area contributed by atoms with Crippen LogP contribution in [0.25, 0.3) is 10.9 Å². The number of aromatic nitrogens is 1. The molecule has 0 saturated carbocycles. The molecular weight excluding hydrogens is 450 g/mol. The molecule has 0 amide bonds. The Bertz CT molecular complexity index is 1310. The molecule has 170 valence electrons. The number of nitrogens with one attached hydrogen (secondary N) is 2. The first kappa shape index (κ1) is 23.0. The van der Waals surface area contributed by atoms with Gasteiger partial charge in [-0.3, -0.25) is 4.79 Å². The van der Waals surface area contributed by atoms with Crippen LogP contribution >= 0.6 is 23.6 Å². The molecule has 5 nitrogen and oxygen atoms in total. The van der Waals surface area contributed by atoms with Gasteiger partial charge in [0.15, 0.2) is 5.11 Å². The van der Waals surface area contributed by atoms with Crippen LogP contribution in [0.15, 0.2) is 64.8 Å². The molecule has 33 heavy (non-hydrogen) atoms. The van der Waals surface area contributed by atoms with E-state index in [0.717, 1.165) is 33.5 Å². The van der Waals surface area contributed by atoms with Gasteiger partial charge in [-0.25, -0.2) is 0 Å². The fourth-order valence-electron chi connectivity index (χ4n) is 3.69.